The number of unbranched alkanes of at least 4 members (excludes halogenated alkanes) is 4. The van der Waals surface area contributed by atoms with E-state index in [1.807, 2.05) is 6.92 Å². The first-order chi connectivity index (χ1) is 7.65. The number of hydrogen-bond donors (Lipinski definition) is 1. The molecule has 0 radical (unpaired) electrons. The van der Waals surface area contributed by atoms with Gasteiger partial charge in [-0.3, -0.25) is 0 Å². The quantitative estimate of drug-likeness (QED) is 0.596. The molecular formula is C13H20ClNO. The molecule has 0 spiro atoms. The van der Waals surface area contributed by atoms with Crippen LogP contribution in [0, 0.1) is 6.92 Å². The summed E-state index contributed by atoms with van der Waals surface area (Å²) in [6.07, 6.45) is 6.88. The van der Waals surface area contributed by atoms with Gasteiger partial charge in [0.2, 0.25) is 0 Å². The van der Waals surface area contributed by atoms with E-state index in [0.717, 1.165) is 24.1 Å². The predicted molar refractivity (Wildman–Crippen MR) is 68.1 cm³/mol. The molecule has 0 aliphatic heterocycles. The lowest BCUT2D eigenvalue weighted by Gasteiger charge is -2.07. The fourth-order valence-corrected chi connectivity index (χ4v) is 2.02. The summed E-state index contributed by atoms with van der Waals surface area (Å²) in [6.45, 7) is 4.05. The van der Waals surface area contributed by atoms with E-state index in [2.05, 4.69) is 11.9 Å². The van der Waals surface area contributed by atoms with E-state index in [0.29, 0.717) is 10.9 Å². The van der Waals surface area contributed by atoms with Crippen molar-refractivity contribution in [3.63, 3.8) is 0 Å². The van der Waals surface area contributed by atoms with Crippen LogP contribution < -0.4 is 0 Å². The van der Waals surface area contributed by atoms with E-state index >= 15 is 0 Å². The number of hydrogen-bond acceptors (Lipinski definition) is 2. The van der Waals surface area contributed by atoms with Crippen LogP contribution in [0.5, 0.6) is 5.75 Å². The van der Waals surface area contributed by atoms with E-state index < -0.39 is 0 Å². The van der Waals surface area contributed by atoms with Crippen LogP contribution in [0.4, 0.5) is 0 Å². The lowest BCUT2D eigenvalue weighted by atomic mass is 10.1. The van der Waals surface area contributed by atoms with Crippen LogP contribution in [0.25, 0.3) is 0 Å². The zero-order chi connectivity index (χ0) is 12.0. The first kappa shape index (κ1) is 13.3. The van der Waals surface area contributed by atoms with Crippen LogP contribution in [0.1, 0.15) is 50.3 Å². The maximum absolute atomic E-state index is 9.80. The molecule has 0 fully saturated rings. The minimum atomic E-state index is 0.305. The first-order valence-electron chi connectivity index (χ1n) is 6.00. The summed E-state index contributed by atoms with van der Waals surface area (Å²) in [5.74, 6) is 0.305. The average molecular weight is 242 g/mol. The summed E-state index contributed by atoms with van der Waals surface area (Å²) in [4.78, 5) is 4.17. The summed E-state index contributed by atoms with van der Waals surface area (Å²) in [5, 5.41) is 10.3. The van der Waals surface area contributed by atoms with Gasteiger partial charge >= 0.3 is 0 Å². The molecule has 1 aromatic heterocycles. The van der Waals surface area contributed by atoms with Gasteiger partial charge in [-0.2, -0.15) is 0 Å². The summed E-state index contributed by atoms with van der Waals surface area (Å²) in [7, 11) is 0. The molecule has 3 heteroatoms. The Morgan fingerprint density at radius 2 is 1.94 bits per heavy atom. The molecule has 0 unspecified atom stereocenters. The van der Waals surface area contributed by atoms with Gasteiger partial charge in [-0.05, 0) is 31.4 Å². The maximum Gasteiger partial charge on any atom is 0.140 e. The van der Waals surface area contributed by atoms with E-state index in [1.165, 1.54) is 25.7 Å². The van der Waals surface area contributed by atoms with Gasteiger partial charge in [0.05, 0.1) is 5.69 Å². The number of aromatic nitrogens is 1. The second kappa shape index (κ2) is 6.74. The highest BCUT2D eigenvalue weighted by Gasteiger charge is 2.07. The molecule has 90 valence electrons. The number of nitrogens with zero attached hydrogens (tertiary/aromatic N) is 1. The third-order valence-electron chi connectivity index (χ3n) is 2.74. The lowest BCUT2D eigenvalue weighted by molar-refractivity contribution is 0.457. The molecule has 1 rings (SSSR count). The molecule has 0 aliphatic carbocycles. The van der Waals surface area contributed by atoms with Gasteiger partial charge in [0.25, 0.3) is 0 Å². The van der Waals surface area contributed by atoms with Crippen molar-refractivity contribution in [2.24, 2.45) is 0 Å². The van der Waals surface area contributed by atoms with Gasteiger partial charge in [-0.15, -0.1) is 0 Å². The maximum atomic E-state index is 9.80. The van der Waals surface area contributed by atoms with Gasteiger partial charge in [0.15, 0.2) is 0 Å². The van der Waals surface area contributed by atoms with Crippen LogP contribution in [0.15, 0.2) is 6.07 Å². The second-order valence-electron chi connectivity index (χ2n) is 4.22. The highest BCUT2D eigenvalue weighted by Crippen LogP contribution is 2.24. The zero-order valence-corrected chi connectivity index (χ0v) is 10.8. The molecule has 0 saturated heterocycles. The van der Waals surface area contributed by atoms with Crippen LogP contribution in [0.2, 0.25) is 5.15 Å². The Morgan fingerprint density at radius 3 is 2.62 bits per heavy atom. The topological polar surface area (TPSA) is 33.1 Å². The monoisotopic (exact) mass is 241 g/mol. The molecule has 0 saturated carbocycles. The van der Waals surface area contributed by atoms with Crippen LogP contribution in [0.3, 0.4) is 0 Å². The van der Waals surface area contributed by atoms with Gasteiger partial charge < -0.3 is 5.11 Å². The SMILES string of the molecule is CCCCCCCc1nc(Cl)cc(C)c1O. The standard InChI is InChI=1S/C13H20ClNO/c1-3-4-5-6-7-8-11-13(16)10(2)9-12(14)15-11/h9,16H,3-8H2,1-2H3. The Balaban J connectivity index is 2.47. The van der Waals surface area contributed by atoms with Crippen molar-refractivity contribution in [2.75, 3.05) is 0 Å². The fourth-order valence-electron chi connectivity index (χ4n) is 1.76. The van der Waals surface area contributed by atoms with Gasteiger partial charge in [-0.1, -0.05) is 44.2 Å². The number of aryl methyl sites for hydroxylation is 2. The first-order valence-corrected chi connectivity index (χ1v) is 6.38. The fraction of sp³-hybridized carbons (Fsp3) is 0.615. The van der Waals surface area contributed by atoms with Crippen LogP contribution >= 0.6 is 11.6 Å². The van der Waals surface area contributed by atoms with Crippen molar-refractivity contribution in [1.29, 1.82) is 0 Å². The van der Waals surface area contributed by atoms with Crippen molar-refractivity contribution >= 4 is 11.6 Å². The van der Waals surface area contributed by atoms with Crippen molar-refractivity contribution in [3.05, 3.63) is 22.5 Å². The molecule has 16 heavy (non-hydrogen) atoms. The molecular weight excluding hydrogens is 222 g/mol. The second-order valence-corrected chi connectivity index (χ2v) is 4.61. The van der Waals surface area contributed by atoms with Gasteiger partial charge in [0.1, 0.15) is 10.9 Å². The molecule has 1 aromatic rings. The van der Waals surface area contributed by atoms with Crippen LogP contribution in [-0.4, -0.2) is 10.1 Å². The third kappa shape index (κ3) is 4.01. The summed E-state index contributed by atoms with van der Waals surface area (Å²) < 4.78 is 0. The molecule has 0 aromatic carbocycles. The zero-order valence-electron chi connectivity index (χ0n) is 10.1. The molecule has 1 N–H and O–H groups in total. The van der Waals surface area contributed by atoms with E-state index in [4.69, 9.17) is 11.6 Å². The number of pyridine rings is 1. The molecule has 0 amide bonds. The highest BCUT2D eigenvalue weighted by molar-refractivity contribution is 6.29. The van der Waals surface area contributed by atoms with E-state index in [1.54, 1.807) is 6.07 Å². The Morgan fingerprint density at radius 1 is 1.25 bits per heavy atom. The Kier molecular flexibility index (Phi) is 5.61. The largest absolute Gasteiger partial charge is 0.506 e. The molecule has 0 atom stereocenters. The van der Waals surface area contributed by atoms with Crippen molar-refractivity contribution in [2.45, 2.75) is 52.4 Å². The predicted octanol–water partition coefficient (Wildman–Crippen LogP) is 4.26. The smallest absolute Gasteiger partial charge is 0.140 e. The van der Waals surface area contributed by atoms with Gasteiger partial charge in [-0.25, -0.2) is 4.98 Å². The van der Waals surface area contributed by atoms with Crippen molar-refractivity contribution in [1.82, 2.24) is 4.98 Å². The van der Waals surface area contributed by atoms with Crippen LogP contribution in [-0.2, 0) is 6.42 Å². The Bertz CT molecular complexity index is 339. The number of rotatable bonds is 6. The van der Waals surface area contributed by atoms with E-state index in [-0.39, 0.29) is 0 Å². The summed E-state index contributed by atoms with van der Waals surface area (Å²) in [5.41, 5.74) is 1.55. The van der Waals surface area contributed by atoms with Crippen molar-refractivity contribution < 1.29 is 5.11 Å². The van der Waals surface area contributed by atoms with E-state index in [9.17, 15) is 5.11 Å². The summed E-state index contributed by atoms with van der Waals surface area (Å²) >= 11 is 5.86. The van der Waals surface area contributed by atoms with Gasteiger partial charge in [0, 0.05) is 0 Å². The van der Waals surface area contributed by atoms with Crippen molar-refractivity contribution in [3.8, 4) is 5.75 Å². The summed E-state index contributed by atoms with van der Waals surface area (Å²) in [6, 6.07) is 1.69. The molecule has 0 aliphatic rings. The minimum Gasteiger partial charge on any atom is -0.506 e. The average Bonchev–Trinajstić information content (AvgIpc) is 2.24. The third-order valence-corrected chi connectivity index (χ3v) is 2.94. The molecule has 0 bridgehead atoms. The molecule has 2 nitrogen and oxygen atoms in total. The Hall–Kier alpha value is -0.760. The Labute approximate surface area is 103 Å². The number of halogens is 1. The minimum absolute atomic E-state index is 0.305. The number of aromatic hydroxyl groups is 1. The molecule has 1 heterocycles. The lowest BCUT2D eigenvalue weighted by Crippen LogP contribution is -1.94. The normalized spacial score (nSPS) is 10.7. The highest BCUT2D eigenvalue weighted by atomic mass is 35.5.